The molecule has 1 rings (SSSR count). The normalized spacial score (nSPS) is 20.4. The van der Waals surface area contributed by atoms with Gasteiger partial charge in [0.15, 0.2) is 11.8 Å². The SMILES string of the molecule is COC(=O)C(C(=O)OC)C1CCC(C(C(=O)OC)C(=O)OC)CC1. The van der Waals surface area contributed by atoms with Crippen LogP contribution in [-0.2, 0) is 38.1 Å². The number of carbonyl (C=O) groups is 4. The van der Waals surface area contributed by atoms with Crippen LogP contribution >= 0.6 is 0 Å². The Bertz CT molecular complexity index is 402. The molecule has 0 aromatic carbocycles. The van der Waals surface area contributed by atoms with Gasteiger partial charge >= 0.3 is 23.9 Å². The first-order valence-electron chi connectivity index (χ1n) is 7.72. The van der Waals surface area contributed by atoms with Crippen molar-refractivity contribution in [2.24, 2.45) is 23.7 Å². The van der Waals surface area contributed by atoms with Crippen molar-refractivity contribution in [1.82, 2.24) is 0 Å². The van der Waals surface area contributed by atoms with Crippen LogP contribution < -0.4 is 0 Å². The van der Waals surface area contributed by atoms with Crippen molar-refractivity contribution in [3.63, 3.8) is 0 Å². The van der Waals surface area contributed by atoms with Gasteiger partial charge in [0.2, 0.25) is 0 Å². The zero-order chi connectivity index (χ0) is 18.3. The fourth-order valence-electron chi connectivity index (χ4n) is 3.28. The van der Waals surface area contributed by atoms with Crippen molar-refractivity contribution in [2.45, 2.75) is 25.7 Å². The maximum Gasteiger partial charge on any atom is 0.320 e. The van der Waals surface area contributed by atoms with Crippen LogP contribution in [0.25, 0.3) is 0 Å². The summed E-state index contributed by atoms with van der Waals surface area (Å²) >= 11 is 0. The van der Waals surface area contributed by atoms with Crippen LogP contribution in [0.2, 0.25) is 0 Å². The molecular formula is C16H24O8. The molecule has 0 unspecified atom stereocenters. The van der Waals surface area contributed by atoms with Crippen LogP contribution in [0, 0.1) is 23.7 Å². The van der Waals surface area contributed by atoms with Gasteiger partial charge in [-0.15, -0.1) is 0 Å². The monoisotopic (exact) mass is 344 g/mol. The zero-order valence-corrected chi connectivity index (χ0v) is 14.4. The molecule has 0 spiro atoms. The molecule has 0 amide bonds. The van der Waals surface area contributed by atoms with Gasteiger partial charge in [0, 0.05) is 0 Å². The predicted octanol–water partition coefficient (Wildman–Crippen LogP) is 0.717. The van der Waals surface area contributed by atoms with Crippen LogP contribution in [0.5, 0.6) is 0 Å². The lowest BCUT2D eigenvalue weighted by molar-refractivity contribution is -0.166. The van der Waals surface area contributed by atoms with E-state index in [4.69, 9.17) is 0 Å². The Balaban J connectivity index is 2.82. The van der Waals surface area contributed by atoms with Gasteiger partial charge in [0.1, 0.15) is 0 Å². The van der Waals surface area contributed by atoms with Crippen LogP contribution in [0.3, 0.4) is 0 Å². The van der Waals surface area contributed by atoms with Gasteiger partial charge in [-0.05, 0) is 37.5 Å². The molecular weight excluding hydrogens is 320 g/mol. The van der Waals surface area contributed by atoms with E-state index in [0.717, 1.165) is 0 Å². The van der Waals surface area contributed by atoms with Crippen molar-refractivity contribution in [3.8, 4) is 0 Å². The molecule has 0 heterocycles. The fraction of sp³-hybridized carbons (Fsp3) is 0.750. The van der Waals surface area contributed by atoms with Gasteiger partial charge < -0.3 is 18.9 Å². The van der Waals surface area contributed by atoms with Crippen molar-refractivity contribution < 1.29 is 38.1 Å². The summed E-state index contributed by atoms with van der Waals surface area (Å²) in [6, 6.07) is 0. The third-order valence-electron chi connectivity index (χ3n) is 4.58. The fourth-order valence-corrected chi connectivity index (χ4v) is 3.28. The molecule has 0 aromatic rings. The molecule has 0 aromatic heterocycles. The first-order chi connectivity index (χ1) is 11.4. The summed E-state index contributed by atoms with van der Waals surface area (Å²) in [6.07, 6.45) is 1.96. The summed E-state index contributed by atoms with van der Waals surface area (Å²) in [7, 11) is 4.87. The first-order valence-corrected chi connectivity index (χ1v) is 7.72. The van der Waals surface area contributed by atoms with Crippen molar-refractivity contribution in [1.29, 1.82) is 0 Å². The Morgan fingerprint density at radius 2 is 0.792 bits per heavy atom. The Labute approximate surface area is 140 Å². The number of hydrogen-bond acceptors (Lipinski definition) is 8. The molecule has 1 aliphatic carbocycles. The minimum atomic E-state index is -0.990. The topological polar surface area (TPSA) is 105 Å². The summed E-state index contributed by atoms with van der Waals surface area (Å²) in [4.78, 5) is 47.5. The zero-order valence-electron chi connectivity index (χ0n) is 14.4. The van der Waals surface area contributed by atoms with E-state index in [2.05, 4.69) is 18.9 Å². The maximum atomic E-state index is 11.9. The number of esters is 4. The molecule has 0 radical (unpaired) electrons. The number of carbonyl (C=O) groups excluding carboxylic acids is 4. The molecule has 0 bridgehead atoms. The lowest BCUT2D eigenvalue weighted by Crippen LogP contribution is -2.39. The number of hydrogen-bond donors (Lipinski definition) is 0. The second-order valence-electron chi connectivity index (χ2n) is 5.72. The maximum absolute atomic E-state index is 11.9. The smallest absolute Gasteiger partial charge is 0.320 e. The number of rotatable bonds is 6. The van der Waals surface area contributed by atoms with E-state index in [1.807, 2.05) is 0 Å². The molecule has 8 nitrogen and oxygen atoms in total. The van der Waals surface area contributed by atoms with Gasteiger partial charge in [0.05, 0.1) is 28.4 Å². The summed E-state index contributed by atoms with van der Waals surface area (Å²) in [5.74, 6) is -5.03. The highest BCUT2D eigenvalue weighted by molar-refractivity contribution is 5.96. The summed E-state index contributed by atoms with van der Waals surface area (Å²) in [6.45, 7) is 0. The van der Waals surface area contributed by atoms with E-state index in [0.29, 0.717) is 25.7 Å². The minimum Gasteiger partial charge on any atom is -0.468 e. The van der Waals surface area contributed by atoms with Gasteiger partial charge in [-0.25, -0.2) is 0 Å². The van der Waals surface area contributed by atoms with E-state index in [1.165, 1.54) is 28.4 Å². The predicted molar refractivity (Wildman–Crippen MR) is 80.5 cm³/mol. The van der Waals surface area contributed by atoms with Crippen LogP contribution in [-0.4, -0.2) is 52.3 Å². The second kappa shape index (κ2) is 9.24. The number of methoxy groups -OCH3 is 4. The van der Waals surface area contributed by atoms with E-state index < -0.39 is 35.7 Å². The third-order valence-corrected chi connectivity index (χ3v) is 4.58. The van der Waals surface area contributed by atoms with Gasteiger partial charge in [0.25, 0.3) is 0 Å². The largest absolute Gasteiger partial charge is 0.468 e. The average Bonchev–Trinajstić information content (AvgIpc) is 2.62. The molecule has 136 valence electrons. The highest BCUT2D eigenvalue weighted by Crippen LogP contribution is 2.38. The van der Waals surface area contributed by atoms with E-state index in [9.17, 15) is 19.2 Å². The summed E-state index contributed by atoms with van der Waals surface area (Å²) in [5.41, 5.74) is 0. The van der Waals surface area contributed by atoms with Gasteiger partial charge in [-0.3, -0.25) is 19.2 Å². The molecule has 24 heavy (non-hydrogen) atoms. The quantitative estimate of drug-likeness (QED) is 0.394. The van der Waals surface area contributed by atoms with Crippen LogP contribution in [0.4, 0.5) is 0 Å². The molecule has 1 fully saturated rings. The standard InChI is InChI=1S/C16H24O8/c1-21-13(17)11(14(18)22-2)9-5-7-10(8-6-9)12(15(19)23-3)16(20)24-4/h9-12H,5-8H2,1-4H3. The lowest BCUT2D eigenvalue weighted by atomic mass is 9.71. The highest BCUT2D eigenvalue weighted by Gasteiger charge is 2.43. The van der Waals surface area contributed by atoms with Crippen molar-refractivity contribution in [3.05, 3.63) is 0 Å². The average molecular weight is 344 g/mol. The Morgan fingerprint density at radius 1 is 0.583 bits per heavy atom. The lowest BCUT2D eigenvalue weighted by Gasteiger charge is -2.33. The summed E-state index contributed by atoms with van der Waals surface area (Å²) in [5, 5.41) is 0. The Hall–Kier alpha value is -2.12. The molecule has 1 aliphatic rings. The molecule has 0 N–H and O–H groups in total. The third kappa shape index (κ3) is 4.46. The number of ether oxygens (including phenoxy) is 4. The van der Waals surface area contributed by atoms with Gasteiger partial charge in [-0.1, -0.05) is 0 Å². The Kier molecular flexibility index (Phi) is 7.67. The first kappa shape index (κ1) is 19.9. The van der Waals surface area contributed by atoms with Gasteiger partial charge in [-0.2, -0.15) is 0 Å². The molecule has 8 heteroatoms. The minimum absolute atomic E-state index is 0.253. The Morgan fingerprint density at radius 3 is 0.958 bits per heavy atom. The van der Waals surface area contributed by atoms with E-state index in [-0.39, 0.29) is 11.8 Å². The molecule has 0 aliphatic heterocycles. The van der Waals surface area contributed by atoms with Crippen molar-refractivity contribution >= 4 is 23.9 Å². The van der Waals surface area contributed by atoms with E-state index >= 15 is 0 Å². The molecule has 0 atom stereocenters. The van der Waals surface area contributed by atoms with Crippen molar-refractivity contribution in [2.75, 3.05) is 28.4 Å². The van der Waals surface area contributed by atoms with Crippen LogP contribution in [0.15, 0.2) is 0 Å². The van der Waals surface area contributed by atoms with Crippen LogP contribution in [0.1, 0.15) is 25.7 Å². The van der Waals surface area contributed by atoms with E-state index in [1.54, 1.807) is 0 Å². The second-order valence-corrected chi connectivity index (χ2v) is 5.72. The summed E-state index contributed by atoms with van der Waals surface area (Å²) < 4.78 is 18.7. The molecule has 1 saturated carbocycles. The molecule has 0 saturated heterocycles. The highest BCUT2D eigenvalue weighted by atomic mass is 16.5.